The quantitative estimate of drug-likeness (QED) is 0.602. The SMILES string of the molecule is CON(C)CCC1CCCCC1. The highest BCUT2D eigenvalue weighted by molar-refractivity contribution is 4.65. The maximum absolute atomic E-state index is 5.07. The molecule has 0 bridgehead atoms. The first-order valence-corrected chi connectivity index (χ1v) is 5.08. The molecule has 1 aliphatic rings. The third-order valence-corrected chi connectivity index (χ3v) is 2.89. The lowest BCUT2D eigenvalue weighted by Crippen LogP contribution is -2.21. The zero-order valence-corrected chi connectivity index (χ0v) is 8.38. The molecule has 12 heavy (non-hydrogen) atoms. The van der Waals surface area contributed by atoms with E-state index >= 15 is 0 Å². The van der Waals surface area contributed by atoms with Crippen LogP contribution in [-0.2, 0) is 4.84 Å². The second kappa shape index (κ2) is 5.55. The fraction of sp³-hybridized carbons (Fsp3) is 1.00. The Kier molecular flexibility index (Phi) is 4.62. The van der Waals surface area contributed by atoms with Crippen LogP contribution in [0.1, 0.15) is 38.5 Å². The summed E-state index contributed by atoms with van der Waals surface area (Å²) in [5.74, 6) is 0.969. The number of hydroxylamine groups is 2. The van der Waals surface area contributed by atoms with Crippen molar-refractivity contribution < 1.29 is 4.84 Å². The van der Waals surface area contributed by atoms with Crippen molar-refractivity contribution in [1.29, 1.82) is 0 Å². The van der Waals surface area contributed by atoms with Gasteiger partial charge in [-0.2, -0.15) is 5.06 Å². The predicted octanol–water partition coefficient (Wildman–Crippen LogP) is 2.45. The second-order valence-corrected chi connectivity index (χ2v) is 3.83. The summed E-state index contributed by atoms with van der Waals surface area (Å²) in [6.07, 6.45) is 8.54. The molecule has 0 aromatic carbocycles. The Balaban J connectivity index is 2.05. The Morgan fingerprint density at radius 1 is 1.25 bits per heavy atom. The molecule has 0 N–H and O–H groups in total. The van der Waals surface area contributed by atoms with E-state index in [-0.39, 0.29) is 0 Å². The third-order valence-electron chi connectivity index (χ3n) is 2.89. The van der Waals surface area contributed by atoms with E-state index in [0.29, 0.717) is 0 Å². The van der Waals surface area contributed by atoms with Crippen molar-refractivity contribution in [1.82, 2.24) is 5.06 Å². The minimum absolute atomic E-state index is 0.969. The molecule has 0 aromatic heterocycles. The first kappa shape index (κ1) is 10.0. The molecule has 2 heteroatoms. The van der Waals surface area contributed by atoms with Gasteiger partial charge in [0.1, 0.15) is 0 Å². The van der Waals surface area contributed by atoms with Gasteiger partial charge in [-0.25, -0.2) is 0 Å². The van der Waals surface area contributed by atoms with Gasteiger partial charge in [-0.1, -0.05) is 32.1 Å². The lowest BCUT2D eigenvalue weighted by molar-refractivity contribution is -0.112. The van der Waals surface area contributed by atoms with Gasteiger partial charge >= 0.3 is 0 Å². The van der Waals surface area contributed by atoms with Crippen LogP contribution in [0.4, 0.5) is 0 Å². The molecule has 1 fully saturated rings. The van der Waals surface area contributed by atoms with Crippen molar-refractivity contribution in [2.75, 3.05) is 20.7 Å². The minimum Gasteiger partial charge on any atom is -0.303 e. The molecule has 0 aromatic rings. The van der Waals surface area contributed by atoms with Gasteiger partial charge in [-0.15, -0.1) is 0 Å². The summed E-state index contributed by atoms with van der Waals surface area (Å²) in [7, 11) is 3.74. The van der Waals surface area contributed by atoms with Crippen LogP contribution < -0.4 is 0 Å². The van der Waals surface area contributed by atoms with Gasteiger partial charge in [-0.05, 0) is 12.3 Å². The normalized spacial score (nSPS) is 20.2. The van der Waals surface area contributed by atoms with Gasteiger partial charge in [0.25, 0.3) is 0 Å². The Hall–Kier alpha value is -0.0800. The lowest BCUT2D eigenvalue weighted by atomic mass is 9.87. The molecule has 0 saturated heterocycles. The van der Waals surface area contributed by atoms with E-state index in [1.165, 1.54) is 38.5 Å². The standard InChI is InChI=1S/C10H21NO/c1-11(12-2)9-8-10-6-4-3-5-7-10/h10H,3-9H2,1-2H3. The van der Waals surface area contributed by atoms with Crippen LogP contribution in [0.15, 0.2) is 0 Å². The maximum Gasteiger partial charge on any atom is 0.0575 e. The smallest absolute Gasteiger partial charge is 0.0575 e. The largest absolute Gasteiger partial charge is 0.303 e. The molecule has 1 aliphatic carbocycles. The molecule has 0 atom stereocenters. The summed E-state index contributed by atoms with van der Waals surface area (Å²) in [4.78, 5) is 5.07. The van der Waals surface area contributed by atoms with Crippen molar-refractivity contribution in [3.8, 4) is 0 Å². The molecule has 0 heterocycles. The molecule has 2 nitrogen and oxygen atoms in total. The first-order valence-electron chi connectivity index (χ1n) is 5.08. The van der Waals surface area contributed by atoms with E-state index < -0.39 is 0 Å². The fourth-order valence-corrected chi connectivity index (χ4v) is 1.93. The second-order valence-electron chi connectivity index (χ2n) is 3.83. The first-order chi connectivity index (χ1) is 5.83. The minimum atomic E-state index is 0.969. The average Bonchev–Trinajstić information content (AvgIpc) is 2.16. The van der Waals surface area contributed by atoms with E-state index in [2.05, 4.69) is 0 Å². The Labute approximate surface area is 75.8 Å². The number of rotatable bonds is 4. The molecular weight excluding hydrogens is 150 g/mol. The van der Waals surface area contributed by atoms with E-state index in [9.17, 15) is 0 Å². The van der Waals surface area contributed by atoms with Crippen LogP contribution in [0.3, 0.4) is 0 Å². The summed E-state index contributed by atoms with van der Waals surface area (Å²) in [6, 6.07) is 0. The highest BCUT2D eigenvalue weighted by Gasteiger charge is 2.13. The van der Waals surface area contributed by atoms with E-state index in [1.54, 1.807) is 7.11 Å². The Bertz CT molecular complexity index is 110. The average molecular weight is 171 g/mol. The highest BCUT2D eigenvalue weighted by atomic mass is 16.7. The van der Waals surface area contributed by atoms with Gasteiger partial charge in [0, 0.05) is 13.6 Å². The third kappa shape index (κ3) is 3.55. The summed E-state index contributed by atoms with van der Waals surface area (Å²) >= 11 is 0. The zero-order chi connectivity index (χ0) is 8.81. The fourth-order valence-electron chi connectivity index (χ4n) is 1.93. The van der Waals surface area contributed by atoms with Crippen LogP contribution in [0, 0.1) is 5.92 Å². The van der Waals surface area contributed by atoms with Gasteiger partial charge < -0.3 is 4.84 Å². The molecule has 72 valence electrons. The lowest BCUT2D eigenvalue weighted by Gasteiger charge is -2.23. The summed E-state index contributed by atoms with van der Waals surface area (Å²) < 4.78 is 0. The van der Waals surface area contributed by atoms with E-state index in [1.807, 2.05) is 12.1 Å². The van der Waals surface area contributed by atoms with E-state index in [0.717, 1.165) is 12.5 Å². The van der Waals surface area contributed by atoms with Gasteiger partial charge in [0.15, 0.2) is 0 Å². The van der Waals surface area contributed by atoms with Crippen molar-refractivity contribution >= 4 is 0 Å². The van der Waals surface area contributed by atoms with Crippen molar-refractivity contribution in [2.24, 2.45) is 5.92 Å². The summed E-state index contributed by atoms with van der Waals surface area (Å²) in [5.41, 5.74) is 0. The molecular formula is C10H21NO. The molecule has 0 amide bonds. The van der Waals surface area contributed by atoms with Crippen molar-refractivity contribution in [2.45, 2.75) is 38.5 Å². The van der Waals surface area contributed by atoms with Crippen molar-refractivity contribution in [3.05, 3.63) is 0 Å². The number of nitrogens with zero attached hydrogens (tertiary/aromatic N) is 1. The monoisotopic (exact) mass is 171 g/mol. The van der Waals surface area contributed by atoms with Crippen LogP contribution >= 0.6 is 0 Å². The topological polar surface area (TPSA) is 12.5 Å². The Morgan fingerprint density at radius 2 is 1.92 bits per heavy atom. The molecule has 1 rings (SSSR count). The van der Waals surface area contributed by atoms with Gasteiger partial charge in [0.2, 0.25) is 0 Å². The summed E-state index contributed by atoms with van der Waals surface area (Å²) in [5, 5.41) is 1.93. The van der Waals surface area contributed by atoms with E-state index in [4.69, 9.17) is 4.84 Å². The molecule has 0 aliphatic heterocycles. The number of hydrogen-bond donors (Lipinski definition) is 0. The van der Waals surface area contributed by atoms with Gasteiger partial charge in [0.05, 0.1) is 7.11 Å². The molecule has 0 spiro atoms. The van der Waals surface area contributed by atoms with Crippen LogP contribution in [0.25, 0.3) is 0 Å². The molecule has 1 saturated carbocycles. The molecule has 0 unspecified atom stereocenters. The zero-order valence-electron chi connectivity index (χ0n) is 8.38. The number of hydrogen-bond acceptors (Lipinski definition) is 2. The summed E-state index contributed by atoms with van der Waals surface area (Å²) in [6.45, 7) is 1.08. The van der Waals surface area contributed by atoms with Gasteiger partial charge in [-0.3, -0.25) is 0 Å². The van der Waals surface area contributed by atoms with Crippen LogP contribution in [0.2, 0.25) is 0 Å². The van der Waals surface area contributed by atoms with Crippen molar-refractivity contribution in [3.63, 3.8) is 0 Å². The highest BCUT2D eigenvalue weighted by Crippen LogP contribution is 2.26. The Morgan fingerprint density at radius 3 is 2.50 bits per heavy atom. The predicted molar refractivity (Wildman–Crippen MR) is 50.8 cm³/mol. The maximum atomic E-state index is 5.07. The van der Waals surface area contributed by atoms with Crippen LogP contribution in [-0.4, -0.2) is 25.8 Å². The molecule has 0 radical (unpaired) electrons. The van der Waals surface area contributed by atoms with Crippen LogP contribution in [0.5, 0.6) is 0 Å².